The van der Waals surface area contributed by atoms with Crippen LogP contribution in [0.2, 0.25) is 0 Å². The van der Waals surface area contributed by atoms with Crippen molar-refractivity contribution in [3.05, 3.63) is 15.6 Å². The van der Waals surface area contributed by atoms with Gasteiger partial charge >= 0.3 is 0 Å². The monoisotopic (exact) mass is 307 g/mol. The second-order valence-corrected chi connectivity index (χ2v) is 8.23. The Morgan fingerprint density at radius 1 is 1.29 bits per heavy atom. The van der Waals surface area contributed by atoms with Crippen molar-refractivity contribution in [2.75, 3.05) is 13.1 Å². The lowest BCUT2D eigenvalue weighted by molar-refractivity contribution is 0.0483. The number of rotatable bonds is 3. The second kappa shape index (κ2) is 6.35. The molecule has 2 heterocycles. The van der Waals surface area contributed by atoms with Crippen molar-refractivity contribution in [1.82, 2.24) is 15.2 Å². The zero-order valence-electron chi connectivity index (χ0n) is 13.7. The summed E-state index contributed by atoms with van der Waals surface area (Å²) in [5.74, 6) is 0. The van der Waals surface area contributed by atoms with E-state index in [4.69, 9.17) is 4.98 Å². The molecule has 1 aromatic heterocycles. The van der Waals surface area contributed by atoms with Gasteiger partial charge in [-0.2, -0.15) is 0 Å². The standard InChI is InChI=1S/C17H29N3S/c1-4-15-10-18-17(8-6-5-7-9-17)12-20(15)11-16-19-13(2)14(3)21-16/h15,18H,4-12H2,1-3H3. The second-order valence-electron chi connectivity index (χ2n) is 6.94. The minimum absolute atomic E-state index is 0.394. The molecule has 3 rings (SSSR count). The molecule has 1 N–H and O–H groups in total. The van der Waals surface area contributed by atoms with Crippen molar-refractivity contribution in [2.45, 2.75) is 77.4 Å². The zero-order chi connectivity index (χ0) is 14.9. The van der Waals surface area contributed by atoms with Crippen molar-refractivity contribution < 1.29 is 0 Å². The van der Waals surface area contributed by atoms with E-state index in [9.17, 15) is 0 Å². The molecule has 21 heavy (non-hydrogen) atoms. The topological polar surface area (TPSA) is 28.2 Å². The van der Waals surface area contributed by atoms with Crippen LogP contribution in [0.15, 0.2) is 0 Å². The van der Waals surface area contributed by atoms with Gasteiger partial charge in [0.25, 0.3) is 0 Å². The number of thiazole rings is 1. The Morgan fingerprint density at radius 3 is 2.67 bits per heavy atom. The van der Waals surface area contributed by atoms with Crippen molar-refractivity contribution in [2.24, 2.45) is 0 Å². The molecule has 1 saturated carbocycles. The van der Waals surface area contributed by atoms with Gasteiger partial charge in [-0.15, -0.1) is 11.3 Å². The third kappa shape index (κ3) is 3.33. The highest BCUT2D eigenvalue weighted by Gasteiger charge is 2.39. The van der Waals surface area contributed by atoms with E-state index in [-0.39, 0.29) is 0 Å². The van der Waals surface area contributed by atoms with Gasteiger partial charge in [0, 0.05) is 29.5 Å². The van der Waals surface area contributed by atoms with Crippen molar-refractivity contribution in [3.8, 4) is 0 Å². The SMILES string of the molecule is CCC1CNC2(CCCCC2)CN1Cc1nc(C)c(C)s1. The Bertz CT molecular complexity index is 457. The molecule has 2 fully saturated rings. The normalized spacial score (nSPS) is 26.3. The number of piperazine rings is 1. The number of hydrogen-bond donors (Lipinski definition) is 1. The molecule has 1 aliphatic carbocycles. The summed E-state index contributed by atoms with van der Waals surface area (Å²) in [6, 6.07) is 0.669. The minimum Gasteiger partial charge on any atom is -0.308 e. The molecule has 4 heteroatoms. The predicted octanol–water partition coefficient (Wildman–Crippen LogP) is 3.65. The maximum atomic E-state index is 4.76. The Morgan fingerprint density at radius 2 is 2.05 bits per heavy atom. The highest BCUT2D eigenvalue weighted by Crippen LogP contribution is 2.33. The third-order valence-electron chi connectivity index (χ3n) is 5.43. The van der Waals surface area contributed by atoms with E-state index < -0.39 is 0 Å². The largest absolute Gasteiger partial charge is 0.308 e. The van der Waals surface area contributed by atoms with Crippen molar-refractivity contribution >= 4 is 11.3 Å². The van der Waals surface area contributed by atoms with Gasteiger partial charge in [-0.25, -0.2) is 4.98 Å². The Balaban J connectivity index is 1.73. The molecular weight excluding hydrogens is 278 g/mol. The Kier molecular flexibility index (Phi) is 4.67. The first-order chi connectivity index (χ1) is 10.1. The van der Waals surface area contributed by atoms with Gasteiger partial charge in [-0.3, -0.25) is 4.90 Å². The van der Waals surface area contributed by atoms with Crippen LogP contribution in [-0.2, 0) is 6.54 Å². The van der Waals surface area contributed by atoms with Crippen LogP contribution < -0.4 is 5.32 Å². The molecule has 2 aliphatic rings. The average molecular weight is 308 g/mol. The molecule has 1 atom stereocenters. The number of hydrogen-bond acceptors (Lipinski definition) is 4. The first-order valence-corrected chi connectivity index (χ1v) is 9.35. The predicted molar refractivity (Wildman–Crippen MR) is 89.9 cm³/mol. The molecule has 3 nitrogen and oxygen atoms in total. The van der Waals surface area contributed by atoms with Gasteiger partial charge in [-0.1, -0.05) is 26.2 Å². The highest BCUT2D eigenvalue weighted by molar-refractivity contribution is 7.11. The van der Waals surface area contributed by atoms with Crippen LogP contribution in [-0.4, -0.2) is 34.6 Å². The summed E-state index contributed by atoms with van der Waals surface area (Å²) in [7, 11) is 0. The summed E-state index contributed by atoms with van der Waals surface area (Å²) in [5, 5.41) is 5.21. The third-order valence-corrected chi connectivity index (χ3v) is 6.49. The lowest BCUT2D eigenvalue weighted by Gasteiger charge is -2.49. The summed E-state index contributed by atoms with van der Waals surface area (Å²) in [5.41, 5.74) is 1.61. The van der Waals surface area contributed by atoms with Crippen LogP contribution in [0.3, 0.4) is 0 Å². The van der Waals surface area contributed by atoms with Crippen molar-refractivity contribution in [3.63, 3.8) is 0 Å². The number of aromatic nitrogens is 1. The number of nitrogens with one attached hydrogen (secondary N) is 1. The Labute approximate surface area is 133 Å². The summed E-state index contributed by atoms with van der Waals surface area (Å²) in [6.07, 6.45) is 8.16. The Hall–Kier alpha value is -0.450. The average Bonchev–Trinajstić information content (AvgIpc) is 2.78. The molecule has 0 aromatic carbocycles. The van der Waals surface area contributed by atoms with Crippen LogP contribution in [0, 0.1) is 13.8 Å². The van der Waals surface area contributed by atoms with E-state index in [2.05, 4.69) is 31.0 Å². The molecule has 118 valence electrons. The summed E-state index contributed by atoms with van der Waals surface area (Å²) in [6.45, 7) is 10.0. The summed E-state index contributed by atoms with van der Waals surface area (Å²) < 4.78 is 0. The van der Waals surface area contributed by atoms with E-state index in [1.807, 2.05) is 11.3 Å². The van der Waals surface area contributed by atoms with Crippen molar-refractivity contribution in [1.29, 1.82) is 0 Å². The fourth-order valence-corrected chi connectivity index (χ4v) is 4.93. The van der Waals surface area contributed by atoms with Crippen LogP contribution in [0.1, 0.15) is 61.0 Å². The van der Waals surface area contributed by atoms with E-state index in [1.54, 1.807) is 0 Å². The molecule has 1 saturated heterocycles. The number of nitrogens with zero attached hydrogens (tertiary/aromatic N) is 2. The maximum Gasteiger partial charge on any atom is 0.107 e. The molecule has 1 unspecified atom stereocenters. The lowest BCUT2D eigenvalue weighted by atomic mass is 9.79. The van der Waals surface area contributed by atoms with Crippen LogP contribution >= 0.6 is 11.3 Å². The van der Waals surface area contributed by atoms with Gasteiger partial charge in [0.15, 0.2) is 0 Å². The van der Waals surface area contributed by atoms with Crippen LogP contribution in [0.25, 0.3) is 0 Å². The maximum absolute atomic E-state index is 4.76. The highest BCUT2D eigenvalue weighted by atomic mass is 32.1. The summed E-state index contributed by atoms with van der Waals surface area (Å²) >= 11 is 1.88. The van der Waals surface area contributed by atoms with Crippen LogP contribution in [0.5, 0.6) is 0 Å². The quantitative estimate of drug-likeness (QED) is 0.924. The molecule has 1 aromatic rings. The zero-order valence-corrected chi connectivity index (χ0v) is 14.6. The van der Waals surface area contributed by atoms with Gasteiger partial charge in [0.1, 0.15) is 5.01 Å². The molecule has 0 bridgehead atoms. The minimum atomic E-state index is 0.394. The molecule has 1 spiro atoms. The van der Waals surface area contributed by atoms with E-state index >= 15 is 0 Å². The molecule has 1 aliphatic heterocycles. The van der Waals surface area contributed by atoms with Crippen LogP contribution in [0.4, 0.5) is 0 Å². The fourth-order valence-electron chi connectivity index (χ4n) is 3.97. The smallest absolute Gasteiger partial charge is 0.107 e. The molecular formula is C17H29N3S. The van der Waals surface area contributed by atoms with Gasteiger partial charge in [-0.05, 0) is 33.1 Å². The van der Waals surface area contributed by atoms with E-state index in [1.165, 1.54) is 60.6 Å². The first kappa shape index (κ1) is 15.4. The summed E-state index contributed by atoms with van der Waals surface area (Å²) in [4.78, 5) is 8.85. The van der Waals surface area contributed by atoms with Gasteiger partial charge < -0.3 is 5.32 Å². The van der Waals surface area contributed by atoms with Gasteiger partial charge in [0.05, 0.1) is 12.2 Å². The molecule has 0 amide bonds. The fraction of sp³-hybridized carbons (Fsp3) is 0.824. The number of aryl methyl sites for hydroxylation is 2. The van der Waals surface area contributed by atoms with E-state index in [0.717, 1.165) is 13.1 Å². The first-order valence-electron chi connectivity index (χ1n) is 8.54. The molecule has 0 radical (unpaired) electrons. The van der Waals surface area contributed by atoms with Gasteiger partial charge in [0.2, 0.25) is 0 Å². The van der Waals surface area contributed by atoms with E-state index in [0.29, 0.717) is 11.6 Å². The lowest BCUT2D eigenvalue weighted by Crippen LogP contribution is -2.64.